The first kappa shape index (κ1) is 14.2. The van der Waals surface area contributed by atoms with Crippen molar-refractivity contribution >= 4 is 31.4 Å². The highest BCUT2D eigenvalue weighted by Gasteiger charge is 2.10. The smallest absolute Gasteiger partial charge is 0.175 e. The zero-order chi connectivity index (χ0) is 15.2. The first-order chi connectivity index (χ1) is 9.86. The fraction of sp³-hybridized carbons (Fsp3) is 0.143. The Morgan fingerprint density at radius 1 is 1.10 bits per heavy atom. The molecule has 0 fully saturated rings. The number of nitrogens with zero attached hydrogens (tertiary/aromatic N) is 3. The summed E-state index contributed by atoms with van der Waals surface area (Å²) >= 11 is 3.45. The van der Waals surface area contributed by atoms with Crippen LogP contribution in [0.3, 0.4) is 0 Å². The van der Waals surface area contributed by atoms with Gasteiger partial charge >= 0.3 is 0 Å². The van der Waals surface area contributed by atoms with E-state index in [2.05, 4.69) is 26.0 Å². The molecule has 0 aliphatic rings. The number of benzene rings is 1. The second-order valence-corrected chi connectivity index (χ2v) is 7.54. The molecule has 0 unspecified atom stereocenters. The van der Waals surface area contributed by atoms with Gasteiger partial charge in [-0.05, 0) is 47.1 Å². The van der Waals surface area contributed by atoms with Crippen LogP contribution in [-0.2, 0) is 9.84 Å². The first-order valence-electron chi connectivity index (χ1n) is 6.18. The summed E-state index contributed by atoms with van der Waals surface area (Å²) in [5, 5.41) is 4.52. The standard InChI is InChI=1S/C14H12BrN3O2S/c1-9-14(15)18-13(16-9)8-7-12(17-18)10-3-5-11(6-4-10)21(2,19)20/h3-8H,1-2H3. The number of aromatic nitrogens is 3. The summed E-state index contributed by atoms with van der Waals surface area (Å²) in [5.41, 5.74) is 3.23. The van der Waals surface area contributed by atoms with Gasteiger partial charge in [0.1, 0.15) is 4.60 Å². The monoisotopic (exact) mass is 365 g/mol. The van der Waals surface area contributed by atoms with Gasteiger partial charge in [0.15, 0.2) is 15.5 Å². The Morgan fingerprint density at radius 3 is 2.38 bits per heavy atom. The van der Waals surface area contributed by atoms with E-state index in [0.29, 0.717) is 4.90 Å². The van der Waals surface area contributed by atoms with Gasteiger partial charge in [0.25, 0.3) is 0 Å². The first-order valence-corrected chi connectivity index (χ1v) is 8.87. The van der Waals surface area contributed by atoms with E-state index in [1.807, 2.05) is 19.1 Å². The highest BCUT2D eigenvalue weighted by Crippen LogP contribution is 2.22. The number of hydrogen-bond acceptors (Lipinski definition) is 4. The van der Waals surface area contributed by atoms with Crippen LogP contribution in [0.4, 0.5) is 0 Å². The normalized spacial score (nSPS) is 12.0. The Hall–Kier alpha value is -1.73. The lowest BCUT2D eigenvalue weighted by Gasteiger charge is -2.04. The summed E-state index contributed by atoms with van der Waals surface area (Å²) in [6.07, 6.45) is 1.19. The van der Waals surface area contributed by atoms with Crippen molar-refractivity contribution in [2.75, 3.05) is 6.26 Å². The van der Waals surface area contributed by atoms with Gasteiger partial charge in [0.05, 0.1) is 16.3 Å². The van der Waals surface area contributed by atoms with Gasteiger partial charge in [0, 0.05) is 11.8 Å². The molecule has 3 aromatic rings. The summed E-state index contributed by atoms with van der Waals surface area (Å²) in [6, 6.07) is 10.4. The molecular weight excluding hydrogens is 354 g/mol. The van der Waals surface area contributed by atoms with E-state index in [1.54, 1.807) is 28.8 Å². The molecular formula is C14H12BrN3O2S. The molecule has 0 spiro atoms. The van der Waals surface area contributed by atoms with Gasteiger partial charge in [-0.2, -0.15) is 5.10 Å². The highest BCUT2D eigenvalue weighted by atomic mass is 79.9. The number of rotatable bonds is 2. The zero-order valence-corrected chi connectivity index (χ0v) is 13.8. The number of sulfone groups is 1. The Bertz CT molecular complexity index is 931. The SMILES string of the molecule is Cc1nc2ccc(-c3ccc(S(C)(=O)=O)cc3)nn2c1Br. The van der Waals surface area contributed by atoms with Crippen molar-refractivity contribution < 1.29 is 8.42 Å². The van der Waals surface area contributed by atoms with Gasteiger partial charge in [-0.15, -0.1) is 0 Å². The van der Waals surface area contributed by atoms with E-state index >= 15 is 0 Å². The predicted octanol–water partition coefficient (Wildman–Crippen LogP) is 2.87. The van der Waals surface area contributed by atoms with Crippen molar-refractivity contribution in [3.63, 3.8) is 0 Å². The van der Waals surface area contributed by atoms with Gasteiger partial charge in [0.2, 0.25) is 0 Å². The minimum absolute atomic E-state index is 0.298. The van der Waals surface area contributed by atoms with Crippen molar-refractivity contribution in [3.05, 3.63) is 46.7 Å². The van der Waals surface area contributed by atoms with Crippen molar-refractivity contribution in [2.24, 2.45) is 0 Å². The molecule has 3 rings (SSSR count). The molecule has 0 atom stereocenters. The fourth-order valence-corrected chi connectivity index (χ4v) is 3.02. The topological polar surface area (TPSA) is 64.3 Å². The van der Waals surface area contributed by atoms with Crippen LogP contribution >= 0.6 is 15.9 Å². The quantitative estimate of drug-likeness (QED) is 0.700. The Balaban J connectivity index is 2.10. The second-order valence-electron chi connectivity index (χ2n) is 4.77. The Labute approximate surface area is 130 Å². The van der Waals surface area contributed by atoms with Crippen molar-refractivity contribution in [2.45, 2.75) is 11.8 Å². The molecule has 2 aromatic heterocycles. The predicted molar refractivity (Wildman–Crippen MR) is 84.0 cm³/mol. The molecule has 0 saturated carbocycles. The largest absolute Gasteiger partial charge is 0.231 e. The third kappa shape index (κ3) is 2.58. The van der Waals surface area contributed by atoms with E-state index in [9.17, 15) is 8.42 Å². The molecule has 1 aromatic carbocycles. The number of halogens is 1. The average Bonchev–Trinajstić information content (AvgIpc) is 2.73. The minimum Gasteiger partial charge on any atom is -0.231 e. The average molecular weight is 366 g/mol. The van der Waals surface area contributed by atoms with Crippen LogP contribution in [0.5, 0.6) is 0 Å². The van der Waals surface area contributed by atoms with Gasteiger partial charge in [-0.25, -0.2) is 17.9 Å². The summed E-state index contributed by atoms with van der Waals surface area (Å²) in [4.78, 5) is 4.67. The lowest BCUT2D eigenvalue weighted by atomic mass is 10.1. The van der Waals surface area contributed by atoms with E-state index in [0.717, 1.165) is 27.2 Å². The van der Waals surface area contributed by atoms with E-state index in [4.69, 9.17) is 0 Å². The van der Waals surface area contributed by atoms with Crippen LogP contribution < -0.4 is 0 Å². The van der Waals surface area contributed by atoms with Crippen LogP contribution in [0.1, 0.15) is 5.69 Å². The van der Waals surface area contributed by atoms with Crippen molar-refractivity contribution in [1.82, 2.24) is 14.6 Å². The molecule has 2 heterocycles. The van der Waals surface area contributed by atoms with Crippen LogP contribution in [0.25, 0.3) is 16.9 Å². The van der Waals surface area contributed by atoms with E-state index < -0.39 is 9.84 Å². The fourth-order valence-electron chi connectivity index (χ4n) is 2.04. The third-order valence-corrected chi connectivity index (χ3v) is 5.20. The molecule has 0 bridgehead atoms. The van der Waals surface area contributed by atoms with Crippen LogP contribution in [0.15, 0.2) is 45.9 Å². The molecule has 5 nitrogen and oxygen atoms in total. The molecule has 0 N–H and O–H groups in total. The lowest BCUT2D eigenvalue weighted by molar-refractivity contribution is 0.602. The lowest BCUT2D eigenvalue weighted by Crippen LogP contribution is -1.97. The summed E-state index contributed by atoms with van der Waals surface area (Å²) in [5.74, 6) is 0. The van der Waals surface area contributed by atoms with Gasteiger partial charge in [-0.1, -0.05) is 12.1 Å². The molecule has 0 aliphatic heterocycles. The molecule has 7 heteroatoms. The second kappa shape index (κ2) is 4.92. The molecule has 0 radical (unpaired) electrons. The molecule has 0 saturated heterocycles. The maximum Gasteiger partial charge on any atom is 0.175 e. The Morgan fingerprint density at radius 2 is 1.76 bits per heavy atom. The maximum atomic E-state index is 11.5. The van der Waals surface area contributed by atoms with Crippen LogP contribution in [-0.4, -0.2) is 29.3 Å². The Kier molecular flexibility index (Phi) is 3.33. The summed E-state index contributed by atoms with van der Waals surface area (Å²) in [6.45, 7) is 1.90. The van der Waals surface area contributed by atoms with Gasteiger partial charge in [-0.3, -0.25) is 0 Å². The number of hydrogen-bond donors (Lipinski definition) is 0. The summed E-state index contributed by atoms with van der Waals surface area (Å²) < 4.78 is 25.5. The molecule has 0 amide bonds. The minimum atomic E-state index is -3.18. The van der Waals surface area contributed by atoms with Crippen molar-refractivity contribution in [3.8, 4) is 11.3 Å². The molecule has 21 heavy (non-hydrogen) atoms. The number of fused-ring (bicyclic) bond motifs is 1. The van der Waals surface area contributed by atoms with Gasteiger partial charge < -0.3 is 0 Å². The molecule has 108 valence electrons. The maximum absolute atomic E-state index is 11.5. The molecule has 0 aliphatic carbocycles. The zero-order valence-electron chi connectivity index (χ0n) is 11.4. The van der Waals surface area contributed by atoms with Crippen LogP contribution in [0, 0.1) is 6.92 Å². The highest BCUT2D eigenvalue weighted by molar-refractivity contribution is 9.10. The number of imidazole rings is 1. The third-order valence-electron chi connectivity index (χ3n) is 3.16. The van der Waals surface area contributed by atoms with E-state index in [-0.39, 0.29) is 0 Å². The van der Waals surface area contributed by atoms with Crippen LogP contribution in [0.2, 0.25) is 0 Å². The summed E-state index contributed by atoms with van der Waals surface area (Å²) in [7, 11) is -3.18. The number of aryl methyl sites for hydroxylation is 1. The van der Waals surface area contributed by atoms with E-state index in [1.165, 1.54) is 6.26 Å². The van der Waals surface area contributed by atoms with Crippen molar-refractivity contribution in [1.29, 1.82) is 0 Å².